The van der Waals surface area contributed by atoms with Crippen molar-refractivity contribution in [3.63, 3.8) is 0 Å². The van der Waals surface area contributed by atoms with Gasteiger partial charge in [0.25, 0.3) is 0 Å². The maximum Gasteiger partial charge on any atom is 0.0449 e. The largest absolute Gasteiger partial charge is 0.338 e. The maximum atomic E-state index is 2.63. The van der Waals surface area contributed by atoms with Gasteiger partial charge in [-0.1, -0.05) is 112 Å². The molecule has 0 saturated heterocycles. The van der Waals surface area contributed by atoms with Crippen molar-refractivity contribution in [1.29, 1.82) is 0 Å². The van der Waals surface area contributed by atoms with E-state index in [0.29, 0.717) is 12.0 Å². The summed E-state index contributed by atoms with van der Waals surface area (Å²) < 4.78 is 0. The predicted molar refractivity (Wildman–Crippen MR) is 154 cm³/mol. The summed E-state index contributed by atoms with van der Waals surface area (Å²) in [6.07, 6.45) is 6.22. The van der Waals surface area contributed by atoms with E-state index in [1.54, 1.807) is 5.56 Å². The molecule has 0 N–H and O–H groups in total. The molecule has 180 valence electrons. The fourth-order valence-corrected chi connectivity index (χ4v) is 6.13. The van der Waals surface area contributed by atoms with Crippen LogP contribution < -0.4 is 4.90 Å². The summed E-state index contributed by atoms with van der Waals surface area (Å²) in [6, 6.07) is 38.4. The van der Waals surface area contributed by atoms with Gasteiger partial charge in [-0.3, -0.25) is 0 Å². The fourth-order valence-electron chi connectivity index (χ4n) is 6.13. The molecule has 6 rings (SSSR count). The molecule has 0 spiro atoms. The fraction of sp³-hybridized carbons (Fsp3) is 0.257. The van der Waals surface area contributed by atoms with Gasteiger partial charge < -0.3 is 4.90 Å². The Hall–Kier alpha value is -3.58. The highest BCUT2D eigenvalue weighted by Crippen LogP contribution is 2.53. The molecule has 4 aromatic rings. The molecule has 36 heavy (non-hydrogen) atoms. The van der Waals surface area contributed by atoms with Crippen molar-refractivity contribution in [3.8, 4) is 0 Å². The molecule has 1 saturated carbocycles. The average molecular weight is 470 g/mol. The smallest absolute Gasteiger partial charge is 0.0449 e. The van der Waals surface area contributed by atoms with Crippen molar-refractivity contribution >= 4 is 23.0 Å². The highest BCUT2D eigenvalue weighted by molar-refractivity contribution is 5.91. The van der Waals surface area contributed by atoms with Crippen molar-refractivity contribution in [2.45, 2.75) is 57.4 Å². The van der Waals surface area contributed by atoms with Crippen LogP contribution >= 0.6 is 0 Å². The Labute approximate surface area is 216 Å². The lowest BCUT2D eigenvalue weighted by molar-refractivity contribution is 0.587. The van der Waals surface area contributed by atoms with E-state index in [0.717, 1.165) is 0 Å². The van der Waals surface area contributed by atoms with Gasteiger partial charge in [-0.2, -0.15) is 0 Å². The molecule has 0 bridgehead atoms. The third-order valence-electron chi connectivity index (χ3n) is 8.02. The van der Waals surface area contributed by atoms with E-state index >= 15 is 0 Å². The second kappa shape index (κ2) is 9.13. The Morgan fingerprint density at radius 1 is 0.750 bits per heavy atom. The van der Waals surface area contributed by atoms with E-state index in [1.165, 1.54) is 58.5 Å². The van der Waals surface area contributed by atoms with Crippen LogP contribution in [0, 0.1) is 0 Å². The molecule has 1 nitrogen and oxygen atoms in total. The summed E-state index contributed by atoms with van der Waals surface area (Å²) in [5, 5.41) is 0. The second-order valence-electron chi connectivity index (χ2n) is 11.4. The minimum atomic E-state index is 0.180. The number of hydrogen-bond acceptors (Lipinski definition) is 1. The first-order valence-corrected chi connectivity index (χ1v) is 13.4. The molecule has 1 aliphatic heterocycles. The maximum absolute atomic E-state index is 2.63. The zero-order chi connectivity index (χ0) is 24.7. The zero-order valence-corrected chi connectivity index (χ0v) is 21.6. The molecule has 0 radical (unpaired) electrons. The quantitative estimate of drug-likeness (QED) is 0.269. The minimum absolute atomic E-state index is 0.180. The summed E-state index contributed by atoms with van der Waals surface area (Å²) in [5.74, 6) is 0.657. The summed E-state index contributed by atoms with van der Waals surface area (Å²) in [6.45, 7) is 6.96. The average Bonchev–Trinajstić information content (AvgIpc) is 3.49. The molecule has 2 aliphatic rings. The van der Waals surface area contributed by atoms with Gasteiger partial charge in [0, 0.05) is 23.3 Å². The van der Waals surface area contributed by atoms with Crippen LogP contribution in [0.5, 0.6) is 0 Å². The van der Waals surface area contributed by atoms with Crippen LogP contribution in [-0.4, -0.2) is 6.04 Å². The van der Waals surface area contributed by atoms with Crippen LogP contribution in [0.3, 0.4) is 0 Å². The van der Waals surface area contributed by atoms with E-state index in [4.69, 9.17) is 0 Å². The molecule has 0 amide bonds. The molecule has 1 fully saturated rings. The van der Waals surface area contributed by atoms with Crippen molar-refractivity contribution < 1.29 is 0 Å². The van der Waals surface area contributed by atoms with Gasteiger partial charge in [0.2, 0.25) is 0 Å². The van der Waals surface area contributed by atoms with Gasteiger partial charge >= 0.3 is 0 Å². The molecular formula is C35H35N. The number of benzene rings is 4. The van der Waals surface area contributed by atoms with Gasteiger partial charge in [-0.25, -0.2) is 0 Å². The summed E-state index contributed by atoms with van der Waals surface area (Å²) in [7, 11) is 0. The lowest BCUT2D eigenvalue weighted by Gasteiger charge is -2.27. The third kappa shape index (κ3) is 4.17. The van der Waals surface area contributed by atoms with Crippen LogP contribution in [0.4, 0.5) is 11.4 Å². The van der Waals surface area contributed by atoms with E-state index in [9.17, 15) is 0 Å². The first-order valence-electron chi connectivity index (χ1n) is 13.4. The van der Waals surface area contributed by atoms with Gasteiger partial charge in [-0.15, -0.1) is 0 Å². The van der Waals surface area contributed by atoms with Gasteiger partial charge in [0.05, 0.1) is 0 Å². The van der Waals surface area contributed by atoms with Crippen molar-refractivity contribution in [2.24, 2.45) is 0 Å². The number of fused-ring (bicyclic) bond motifs is 3. The monoisotopic (exact) mass is 469 g/mol. The molecule has 1 heteroatoms. The number of hydrogen-bond donors (Lipinski definition) is 0. The normalized spacial score (nSPS) is 18.6. The summed E-state index contributed by atoms with van der Waals surface area (Å²) in [4.78, 5) is 2.63. The van der Waals surface area contributed by atoms with Crippen LogP contribution in [0.15, 0.2) is 103 Å². The van der Waals surface area contributed by atoms with Crippen molar-refractivity contribution in [2.75, 3.05) is 4.90 Å². The highest BCUT2D eigenvalue weighted by Gasteiger charge is 2.42. The van der Waals surface area contributed by atoms with Crippen LogP contribution in [0.25, 0.3) is 11.6 Å². The van der Waals surface area contributed by atoms with Crippen molar-refractivity contribution in [3.05, 3.63) is 131 Å². The van der Waals surface area contributed by atoms with Crippen LogP contribution in [0.2, 0.25) is 0 Å². The van der Waals surface area contributed by atoms with E-state index in [1.807, 2.05) is 0 Å². The second-order valence-corrected chi connectivity index (χ2v) is 11.4. The molecule has 0 aromatic heterocycles. The first kappa shape index (κ1) is 22.9. The van der Waals surface area contributed by atoms with E-state index in [-0.39, 0.29) is 5.41 Å². The van der Waals surface area contributed by atoms with Crippen LogP contribution in [0.1, 0.15) is 73.8 Å². The number of rotatable bonds is 4. The number of anilines is 2. The van der Waals surface area contributed by atoms with Gasteiger partial charge in [0.1, 0.15) is 0 Å². The Bertz CT molecular complexity index is 1330. The lowest BCUT2D eigenvalue weighted by atomic mass is 9.84. The Balaban J connectivity index is 1.36. The Morgan fingerprint density at radius 2 is 1.39 bits per heavy atom. The number of nitrogens with zero attached hydrogens (tertiary/aromatic N) is 1. The summed E-state index contributed by atoms with van der Waals surface area (Å²) in [5.41, 5.74) is 10.9. The molecule has 2 atom stereocenters. The SMILES string of the molecule is CC(C)(C)c1ccc2c(c1)C1CCCC1N2c1ccc(C=C(c2ccccc2)c2ccccc2)cc1. The predicted octanol–water partition coefficient (Wildman–Crippen LogP) is 9.36. The lowest BCUT2D eigenvalue weighted by Crippen LogP contribution is -2.26. The molecule has 1 heterocycles. The standard InChI is InChI=1S/C35H35N/c1-35(2,3)28-19-22-34-32(24-28)30-15-10-16-33(30)36(34)29-20-17-25(18-21-29)23-31(26-11-6-4-7-12-26)27-13-8-5-9-14-27/h4-9,11-14,17-24,30,33H,10,15-16H2,1-3H3. The zero-order valence-electron chi connectivity index (χ0n) is 21.6. The molecule has 4 aromatic carbocycles. The molecular weight excluding hydrogens is 434 g/mol. The van der Waals surface area contributed by atoms with Crippen molar-refractivity contribution in [1.82, 2.24) is 0 Å². The van der Waals surface area contributed by atoms with Gasteiger partial charge in [-0.05, 0) is 75.9 Å². The topological polar surface area (TPSA) is 3.24 Å². The summed E-state index contributed by atoms with van der Waals surface area (Å²) >= 11 is 0. The Kier molecular flexibility index (Phi) is 5.80. The van der Waals surface area contributed by atoms with E-state index < -0.39 is 0 Å². The first-order chi connectivity index (χ1) is 17.5. The third-order valence-corrected chi connectivity index (χ3v) is 8.02. The Morgan fingerprint density at radius 3 is 2.00 bits per heavy atom. The molecule has 2 unspecified atom stereocenters. The molecule has 1 aliphatic carbocycles. The minimum Gasteiger partial charge on any atom is -0.338 e. The highest BCUT2D eigenvalue weighted by atomic mass is 15.2. The van der Waals surface area contributed by atoms with Gasteiger partial charge in [0.15, 0.2) is 0 Å². The van der Waals surface area contributed by atoms with Crippen LogP contribution in [-0.2, 0) is 5.41 Å². The van der Waals surface area contributed by atoms with E-state index in [2.05, 4.69) is 135 Å².